The molecule has 0 fully saturated rings. The Hall–Kier alpha value is -5.31. The Balaban J connectivity index is 0.000000159. The number of benzene rings is 10. The van der Waals surface area contributed by atoms with Crippen molar-refractivity contribution in [2.75, 3.05) is 9.80 Å². The molecule has 0 saturated heterocycles. The number of rotatable bonds is 3. The number of hydrogen-bond donors (Lipinski definition) is 0. The maximum atomic E-state index is 14.5. The summed E-state index contributed by atoms with van der Waals surface area (Å²) in [5, 5.41) is 3.04. The maximum absolute atomic E-state index is 14.5. The summed E-state index contributed by atoms with van der Waals surface area (Å²) in [6, 6.07) is 76.6. The van der Waals surface area contributed by atoms with Crippen LogP contribution in [0.5, 0.6) is 0 Å². The van der Waals surface area contributed by atoms with Gasteiger partial charge in [0, 0.05) is 76.9 Å². The highest BCUT2D eigenvalue weighted by Crippen LogP contribution is 2.71. The summed E-state index contributed by atoms with van der Waals surface area (Å²) in [6.07, 6.45) is 1.08. The minimum atomic E-state index is -0.139. The van der Waals surface area contributed by atoms with E-state index in [1.165, 1.54) is 44.5 Å². The van der Waals surface area contributed by atoms with Crippen LogP contribution in [0.2, 0.25) is 0 Å². The normalized spacial score (nSPS) is 14.5. The molecular formula is C73H67Br2N2O2P5S2. The molecule has 2 aliphatic heterocycles. The second kappa shape index (κ2) is 25.3. The number of fused-ring (bicyclic) bond motifs is 10. The monoisotopic (exact) mass is 1380 g/mol. The van der Waals surface area contributed by atoms with Crippen LogP contribution in [0, 0.1) is 0 Å². The Bertz CT molecular complexity index is 4340. The molecule has 2 aromatic heterocycles. The van der Waals surface area contributed by atoms with Crippen molar-refractivity contribution < 1.29 is 0 Å². The Kier molecular flexibility index (Phi) is 18.3. The molecule has 13 heteroatoms. The van der Waals surface area contributed by atoms with E-state index in [1.54, 1.807) is 22.7 Å². The standard InChI is InChI=1S/C43H34N2OS.C16H16.C13H6Br2OS.CH4.H7P5/c1-42(2)31-13-5-9-17-35(31)44(36-18-10-6-14-32(36)42)27-21-23-39-29(25-27)41(46)30-26-28(22-24-40(30)47-39)45-37-19-11-7-15-33(37)43(3,4)34-16-8-12-20-38(34)45;1-16(2)14-9-5-3-7-12(14)11-13-8-4-6-10-15(13)16;14-7-1-3-11-9(5-7)13(16)10-6-8(15)2-4-12(10)17-11;;1-4-5(2)3/h5-26H,1-4H3;3-10H,11H2,1-2H3;1-6H;1H4;4H,1-3H2. The van der Waals surface area contributed by atoms with Crippen LogP contribution in [-0.4, -0.2) is 0 Å². The topological polar surface area (TPSA) is 40.6 Å². The van der Waals surface area contributed by atoms with Gasteiger partial charge < -0.3 is 9.80 Å². The molecule has 0 bridgehead atoms. The molecule has 0 amide bonds. The lowest BCUT2D eigenvalue weighted by atomic mass is 9.69. The minimum absolute atomic E-state index is 0. The average Bonchev–Trinajstić information content (AvgIpc) is 0.920. The molecule has 432 valence electrons. The van der Waals surface area contributed by atoms with Crippen LogP contribution in [0.4, 0.5) is 34.1 Å². The molecule has 1 aliphatic carbocycles. The first-order chi connectivity index (χ1) is 40.9. The predicted molar refractivity (Wildman–Crippen MR) is 399 cm³/mol. The van der Waals surface area contributed by atoms with Crippen molar-refractivity contribution in [2.24, 2.45) is 0 Å². The third-order valence-corrected chi connectivity index (χ3v) is 32.1. The second-order valence-corrected chi connectivity index (χ2v) is 41.1. The summed E-state index contributed by atoms with van der Waals surface area (Å²) in [7, 11) is 9.24. The van der Waals surface area contributed by atoms with Gasteiger partial charge in [0.25, 0.3) is 0 Å². The Morgan fingerprint density at radius 2 is 0.674 bits per heavy atom. The van der Waals surface area contributed by atoms with Crippen molar-refractivity contribution in [2.45, 2.75) is 71.6 Å². The summed E-state index contributed by atoms with van der Waals surface area (Å²) in [5.41, 5.74) is 17.6. The summed E-state index contributed by atoms with van der Waals surface area (Å²) >= 11 is 10.1. The van der Waals surface area contributed by atoms with Crippen LogP contribution in [-0.2, 0) is 22.7 Å². The molecule has 0 saturated carbocycles. The highest BCUT2D eigenvalue weighted by atomic mass is 79.9. The quantitative estimate of drug-likeness (QED) is 0.131. The van der Waals surface area contributed by atoms with Gasteiger partial charge in [-0.3, -0.25) is 9.59 Å². The number of nitrogens with zero attached hydrogens (tertiary/aromatic N) is 2. The molecule has 4 atom stereocenters. The summed E-state index contributed by atoms with van der Waals surface area (Å²) in [4.78, 5) is 31.5. The van der Waals surface area contributed by atoms with Crippen molar-refractivity contribution in [1.82, 2.24) is 0 Å². The molecule has 4 heterocycles. The molecule has 4 nitrogen and oxygen atoms in total. The van der Waals surface area contributed by atoms with Crippen molar-refractivity contribution in [3.8, 4) is 0 Å². The van der Waals surface area contributed by atoms with Gasteiger partial charge in [-0.2, -0.15) is 0 Å². The SMILES string of the molecule is C.CC1(C)c2ccccc2Cc2ccccc21.CC1(C)c2ccccc2N(c2ccc3sc4ccc(N5c6ccccc6C(C)(C)c6ccccc65)cc4c(=O)c3c2)c2ccccc21.O=c1c2cc(Br)ccc2sc2ccc(Br)cc12.PPP(P)P. The summed E-state index contributed by atoms with van der Waals surface area (Å²) in [6.45, 7) is 14.1. The van der Waals surface area contributed by atoms with Crippen molar-refractivity contribution in [1.29, 1.82) is 0 Å². The highest BCUT2D eigenvalue weighted by molar-refractivity contribution is 9.10. The lowest BCUT2D eigenvalue weighted by Crippen LogP contribution is -2.30. The molecule has 86 heavy (non-hydrogen) atoms. The van der Waals surface area contributed by atoms with Gasteiger partial charge in [0.15, 0.2) is 10.9 Å². The summed E-state index contributed by atoms with van der Waals surface area (Å²) in [5.74, 6) is 0. The predicted octanol–water partition coefficient (Wildman–Crippen LogP) is 23.6. The van der Waals surface area contributed by atoms with Gasteiger partial charge in [0.2, 0.25) is 0 Å². The Labute approximate surface area is 539 Å². The molecule has 3 aliphatic rings. The third kappa shape index (κ3) is 11.6. The van der Waals surface area contributed by atoms with Gasteiger partial charge in [0.1, 0.15) is 0 Å². The number of para-hydroxylation sites is 4. The fourth-order valence-electron chi connectivity index (χ4n) is 12.7. The molecule has 0 radical (unpaired) electrons. The van der Waals surface area contributed by atoms with Crippen molar-refractivity contribution in [3.05, 3.63) is 292 Å². The van der Waals surface area contributed by atoms with Gasteiger partial charge in [-0.25, -0.2) is 0 Å². The van der Waals surface area contributed by atoms with Crippen molar-refractivity contribution >= 4 is 171 Å². The van der Waals surface area contributed by atoms with E-state index < -0.39 is 0 Å². The minimum Gasteiger partial charge on any atom is -0.310 e. The van der Waals surface area contributed by atoms with E-state index in [4.69, 9.17) is 0 Å². The van der Waals surface area contributed by atoms with Crippen LogP contribution in [0.3, 0.4) is 0 Å². The third-order valence-electron chi connectivity index (χ3n) is 16.9. The molecule has 10 aromatic carbocycles. The lowest BCUT2D eigenvalue weighted by molar-refractivity contribution is 0.610. The van der Waals surface area contributed by atoms with E-state index in [-0.39, 0.29) is 41.5 Å². The van der Waals surface area contributed by atoms with Crippen LogP contribution < -0.4 is 20.7 Å². The van der Waals surface area contributed by atoms with Gasteiger partial charge in [0.05, 0.1) is 22.7 Å². The van der Waals surface area contributed by atoms with Crippen LogP contribution in [0.1, 0.15) is 93.5 Å². The zero-order valence-electron chi connectivity index (χ0n) is 48.0. The molecule has 0 spiro atoms. The van der Waals surface area contributed by atoms with E-state index in [2.05, 4.69) is 292 Å². The van der Waals surface area contributed by atoms with Crippen molar-refractivity contribution in [3.63, 3.8) is 0 Å². The van der Waals surface area contributed by atoms with E-state index in [0.717, 1.165) is 97.8 Å². The maximum Gasteiger partial charge on any atom is 0.196 e. The zero-order valence-corrected chi connectivity index (χ0v) is 58.1. The molecular weight excluding hydrogens is 1320 g/mol. The second-order valence-electron chi connectivity index (χ2n) is 23.1. The smallest absolute Gasteiger partial charge is 0.196 e. The largest absolute Gasteiger partial charge is 0.310 e. The van der Waals surface area contributed by atoms with E-state index in [1.807, 2.05) is 36.4 Å². The zero-order chi connectivity index (χ0) is 59.5. The first-order valence-corrected chi connectivity index (χ1v) is 39.5. The van der Waals surface area contributed by atoms with Crippen LogP contribution >= 0.6 is 96.3 Å². The van der Waals surface area contributed by atoms with Gasteiger partial charge in [-0.15, -0.1) is 49.5 Å². The lowest BCUT2D eigenvalue weighted by Gasteiger charge is -2.42. The van der Waals surface area contributed by atoms with Gasteiger partial charge in [-0.1, -0.05) is 210 Å². The first-order valence-electron chi connectivity index (χ1n) is 28.1. The first kappa shape index (κ1) is 62.3. The fourth-order valence-corrected chi connectivity index (χ4v) is 15.5. The van der Waals surface area contributed by atoms with Crippen LogP contribution in [0.25, 0.3) is 40.3 Å². The molecule has 4 unspecified atom stereocenters. The van der Waals surface area contributed by atoms with E-state index in [0.29, 0.717) is 0 Å². The molecule has 0 N–H and O–H groups in total. The number of halogens is 2. The van der Waals surface area contributed by atoms with Gasteiger partial charge >= 0.3 is 0 Å². The Morgan fingerprint density at radius 3 is 1.00 bits per heavy atom. The fraction of sp³-hybridized carbons (Fsp3) is 0.151. The average molecular weight is 1380 g/mol. The number of hydrogen-bond acceptors (Lipinski definition) is 6. The molecule has 15 rings (SSSR count). The van der Waals surface area contributed by atoms with E-state index >= 15 is 0 Å². The number of anilines is 6. The van der Waals surface area contributed by atoms with Crippen LogP contribution in [0.15, 0.2) is 237 Å². The Morgan fingerprint density at radius 1 is 0.407 bits per heavy atom. The van der Waals surface area contributed by atoms with E-state index in [9.17, 15) is 9.59 Å². The molecule has 12 aromatic rings. The summed E-state index contributed by atoms with van der Waals surface area (Å²) < 4.78 is 5.90. The van der Waals surface area contributed by atoms with Gasteiger partial charge in [-0.05, 0) is 155 Å². The highest BCUT2D eigenvalue weighted by Gasteiger charge is 2.38.